The van der Waals surface area contributed by atoms with E-state index in [0.717, 1.165) is 5.69 Å². The van der Waals surface area contributed by atoms with Crippen LogP contribution in [-0.4, -0.2) is 16.6 Å². The molecule has 1 aromatic heterocycles. The van der Waals surface area contributed by atoms with Crippen LogP contribution in [0.2, 0.25) is 5.02 Å². The Hall–Kier alpha value is -0.910. The summed E-state index contributed by atoms with van der Waals surface area (Å²) in [4.78, 5) is 4.17. The molecule has 6 heteroatoms. The van der Waals surface area contributed by atoms with Crippen LogP contribution >= 0.6 is 27.5 Å². The van der Waals surface area contributed by atoms with Crippen LogP contribution in [0.3, 0.4) is 0 Å². The van der Waals surface area contributed by atoms with Gasteiger partial charge < -0.3 is 5.32 Å². The molecule has 1 heterocycles. The number of rotatable bonds is 3. The largest absolute Gasteiger partial charge is 0.310 e. The fourth-order valence-electron chi connectivity index (χ4n) is 1.83. The molecule has 0 bridgehead atoms. The molecule has 0 unspecified atom stereocenters. The lowest BCUT2D eigenvalue weighted by Crippen LogP contribution is -2.35. The maximum Gasteiger partial charge on any atom is 0.125 e. The van der Waals surface area contributed by atoms with Gasteiger partial charge in [0.25, 0.3) is 0 Å². The molecule has 0 aliphatic rings. The Kier molecular flexibility index (Phi) is 3.99. The zero-order valence-corrected chi connectivity index (χ0v) is 13.2. The maximum absolute atomic E-state index is 13.3. The Bertz CT molecular complexity index is 587. The molecular formula is C13H14BrClFN3. The van der Waals surface area contributed by atoms with Crippen molar-refractivity contribution in [3.63, 3.8) is 0 Å². The predicted molar refractivity (Wildman–Crippen MR) is 78.3 cm³/mol. The molecule has 0 amide bonds. The highest BCUT2D eigenvalue weighted by Gasteiger charge is 2.24. The molecule has 0 aliphatic heterocycles. The van der Waals surface area contributed by atoms with Crippen LogP contribution in [0, 0.1) is 5.82 Å². The first kappa shape index (κ1) is 14.5. The van der Waals surface area contributed by atoms with Gasteiger partial charge in [0.05, 0.1) is 34.5 Å². The Morgan fingerprint density at radius 3 is 2.68 bits per heavy atom. The molecule has 2 aromatic rings. The third-order valence-electron chi connectivity index (χ3n) is 3.13. The monoisotopic (exact) mass is 345 g/mol. The Morgan fingerprint density at radius 2 is 2.11 bits per heavy atom. The van der Waals surface area contributed by atoms with E-state index in [0.29, 0.717) is 15.2 Å². The van der Waals surface area contributed by atoms with Gasteiger partial charge in [-0.1, -0.05) is 11.6 Å². The van der Waals surface area contributed by atoms with E-state index in [2.05, 4.69) is 26.2 Å². The van der Waals surface area contributed by atoms with Crippen molar-refractivity contribution in [2.45, 2.75) is 19.4 Å². The first-order chi connectivity index (χ1) is 8.86. The van der Waals surface area contributed by atoms with Crippen molar-refractivity contribution in [1.82, 2.24) is 14.9 Å². The normalized spacial score (nSPS) is 11.9. The van der Waals surface area contributed by atoms with Crippen molar-refractivity contribution in [3.8, 4) is 5.69 Å². The molecule has 0 saturated carbocycles. The smallest absolute Gasteiger partial charge is 0.125 e. The number of nitrogens with one attached hydrogen (secondary N) is 1. The number of hydrogen-bond donors (Lipinski definition) is 1. The van der Waals surface area contributed by atoms with Gasteiger partial charge in [0, 0.05) is 4.47 Å². The van der Waals surface area contributed by atoms with Crippen LogP contribution in [0.25, 0.3) is 5.69 Å². The van der Waals surface area contributed by atoms with Crippen LogP contribution in [0.4, 0.5) is 4.39 Å². The minimum Gasteiger partial charge on any atom is -0.310 e. The van der Waals surface area contributed by atoms with Gasteiger partial charge >= 0.3 is 0 Å². The number of imidazole rings is 1. The van der Waals surface area contributed by atoms with Crippen molar-refractivity contribution in [2.24, 2.45) is 0 Å². The van der Waals surface area contributed by atoms with Crippen LogP contribution in [0.5, 0.6) is 0 Å². The lowest BCUT2D eigenvalue weighted by Gasteiger charge is -2.26. The van der Waals surface area contributed by atoms with Gasteiger partial charge in [0.2, 0.25) is 0 Å². The third kappa shape index (κ3) is 2.68. The van der Waals surface area contributed by atoms with Crippen LogP contribution in [0.15, 0.2) is 29.1 Å². The standard InChI is InChI=1S/C13H14BrClFN3/c1-13(2,17-3)11-6-18-7-19(11)12-9(14)4-8(16)5-10(12)15/h4-7,17H,1-3H3. The van der Waals surface area contributed by atoms with E-state index in [1.807, 2.05) is 25.5 Å². The van der Waals surface area contributed by atoms with Crippen molar-refractivity contribution in [1.29, 1.82) is 0 Å². The molecule has 0 saturated heterocycles. The first-order valence-corrected chi connectivity index (χ1v) is 6.90. The number of aromatic nitrogens is 2. The number of hydrogen-bond acceptors (Lipinski definition) is 2. The van der Waals surface area contributed by atoms with E-state index in [1.54, 1.807) is 12.5 Å². The van der Waals surface area contributed by atoms with E-state index in [-0.39, 0.29) is 11.4 Å². The van der Waals surface area contributed by atoms with E-state index in [9.17, 15) is 4.39 Å². The Labute approximate surface area is 124 Å². The van der Waals surface area contributed by atoms with Gasteiger partial charge in [-0.25, -0.2) is 9.37 Å². The predicted octanol–water partition coefficient (Wildman–Crippen LogP) is 3.88. The molecule has 2 rings (SSSR count). The minimum atomic E-state index is -0.379. The lowest BCUT2D eigenvalue weighted by molar-refractivity contribution is 0.424. The Balaban J connectivity index is 2.65. The van der Waals surface area contributed by atoms with Gasteiger partial charge in [-0.2, -0.15) is 0 Å². The SMILES string of the molecule is CNC(C)(C)c1cncn1-c1c(Cl)cc(F)cc1Br. The first-order valence-electron chi connectivity index (χ1n) is 5.73. The highest BCUT2D eigenvalue weighted by molar-refractivity contribution is 9.10. The van der Waals surface area contributed by atoms with Crippen LogP contribution < -0.4 is 5.32 Å². The van der Waals surface area contributed by atoms with E-state index in [4.69, 9.17) is 11.6 Å². The summed E-state index contributed by atoms with van der Waals surface area (Å²) in [6.45, 7) is 4.07. The second-order valence-electron chi connectivity index (χ2n) is 4.74. The van der Waals surface area contributed by atoms with E-state index in [1.165, 1.54) is 12.1 Å². The zero-order valence-electron chi connectivity index (χ0n) is 10.8. The van der Waals surface area contributed by atoms with Crippen LogP contribution in [0.1, 0.15) is 19.5 Å². The lowest BCUT2D eigenvalue weighted by atomic mass is 10.0. The molecular weight excluding hydrogens is 333 g/mol. The van der Waals surface area contributed by atoms with Gasteiger partial charge in [-0.3, -0.25) is 4.57 Å². The summed E-state index contributed by atoms with van der Waals surface area (Å²) < 4.78 is 15.7. The highest BCUT2D eigenvalue weighted by Crippen LogP contribution is 2.33. The molecule has 0 aliphatic carbocycles. The van der Waals surface area contributed by atoms with Gasteiger partial charge in [0.15, 0.2) is 0 Å². The number of halogens is 3. The molecule has 0 spiro atoms. The molecule has 1 N–H and O–H groups in total. The molecule has 1 aromatic carbocycles. The van der Waals surface area contributed by atoms with Crippen molar-refractivity contribution in [3.05, 3.63) is 45.7 Å². The van der Waals surface area contributed by atoms with E-state index < -0.39 is 0 Å². The van der Waals surface area contributed by atoms with Gasteiger partial charge in [-0.15, -0.1) is 0 Å². The number of benzene rings is 1. The van der Waals surface area contributed by atoms with Crippen molar-refractivity contribution >= 4 is 27.5 Å². The van der Waals surface area contributed by atoms with Crippen molar-refractivity contribution in [2.75, 3.05) is 7.05 Å². The molecule has 0 atom stereocenters. The summed E-state index contributed by atoms with van der Waals surface area (Å²) in [5, 5.41) is 3.54. The second-order valence-corrected chi connectivity index (χ2v) is 6.00. The van der Waals surface area contributed by atoms with Gasteiger partial charge in [-0.05, 0) is 49.0 Å². The summed E-state index contributed by atoms with van der Waals surface area (Å²) in [5.74, 6) is -0.379. The Morgan fingerprint density at radius 1 is 1.42 bits per heavy atom. The fourth-order valence-corrected chi connectivity index (χ4v) is 2.86. The maximum atomic E-state index is 13.3. The summed E-state index contributed by atoms with van der Waals surface area (Å²) in [7, 11) is 1.87. The van der Waals surface area contributed by atoms with Crippen molar-refractivity contribution < 1.29 is 4.39 Å². The molecule has 102 valence electrons. The molecule has 19 heavy (non-hydrogen) atoms. The summed E-state index contributed by atoms with van der Waals surface area (Å²) in [5.41, 5.74) is 1.33. The average Bonchev–Trinajstić information content (AvgIpc) is 2.77. The summed E-state index contributed by atoms with van der Waals surface area (Å²) in [6.07, 6.45) is 3.43. The third-order valence-corrected chi connectivity index (χ3v) is 4.02. The molecule has 0 radical (unpaired) electrons. The minimum absolute atomic E-state index is 0.284. The molecule has 3 nitrogen and oxygen atoms in total. The topological polar surface area (TPSA) is 29.9 Å². The average molecular weight is 347 g/mol. The number of nitrogens with zero attached hydrogens (tertiary/aromatic N) is 2. The molecule has 0 fully saturated rings. The van der Waals surface area contributed by atoms with E-state index >= 15 is 0 Å². The second kappa shape index (κ2) is 5.23. The van der Waals surface area contributed by atoms with Gasteiger partial charge in [0.1, 0.15) is 5.82 Å². The quantitative estimate of drug-likeness (QED) is 0.914. The fraction of sp³-hybridized carbons (Fsp3) is 0.308. The summed E-state index contributed by atoms with van der Waals surface area (Å²) >= 11 is 9.50. The summed E-state index contributed by atoms with van der Waals surface area (Å²) in [6, 6.07) is 2.68. The zero-order chi connectivity index (χ0) is 14.2. The highest BCUT2D eigenvalue weighted by atomic mass is 79.9. The van der Waals surface area contributed by atoms with Crippen LogP contribution in [-0.2, 0) is 5.54 Å².